The molecule has 2 N–H and O–H groups in total. The second kappa shape index (κ2) is 6.02. The average molecular weight is 356 g/mol. The van der Waals surface area contributed by atoms with E-state index in [1.807, 2.05) is 0 Å². The Morgan fingerprint density at radius 3 is 2.65 bits per heavy atom. The maximum atomic E-state index is 12.0. The van der Waals surface area contributed by atoms with Crippen LogP contribution in [-0.2, 0) is 0 Å². The number of nitrogens with one attached hydrogen (secondary N) is 1. The summed E-state index contributed by atoms with van der Waals surface area (Å²) in [6.45, 7) is 0. The normalized spacial score (nSPS) is 10.1. The molecule has 7 heteroatoms. The van der Waals surface area contributed by atoms with Crippen LogP contribution < -0.4 is 5.32 Å². The van der Waals surface area contributed by atoms with E-state index in [1.165, 1.54) is 24.4 Å². The van der Waals surface area contributed by atoms with Crippen molar-refractivity contribution in [1.82, 2.24) is 4.98 Å². The number of carboxylic acid groups (broad SMARTS) is 1. The van der Waals surface area contributed by atoms with Crippen LogP contribution in [0.15, 0.2) is 41.1 Å². The Kier molecular flexibility index (Phi) is 4.36. The van der Waals surface area contributed by atoms with E-state index < -0.39 is 11.9 Å². The van der Waals surface area contributed by atoms with Gasteiger partial charge in [0.2, 0.25) is 0 Å². The molecule has 0 aliphatic heterocycles. The van der Waals surface area contributed by atoms with E-state index in [-0.39, 0.29) is 16.3 Å². The van der Waals surface area contributed by atoms with Gasteiger partial charge in [-0.25, -0.2) is 4.79 Å². The minimum Gasteiger partial charge on any atom is -0.478 e. The summed E-state index contributed by atoms with van der Waals surface area (Å²) in [5.41, 5.74) is 0.409. The summed E-state index contributed by atoms with van der Waals surface area (Å²) < 4.78 is 0.653. The number of benzene rings is 1. The van der Waals surface area contributed by atoms with Crippen LogP contribution in [0.4, 0.5) is 5.69 Å². The van der Waals surface area contributed by atoms with E-state index in [0.717, 1.165) is 0 Å². The number of hydrogen-bond donors (Lipinski definition) is 2. The zero-order chi connectivity index (χ0) is 14.7. The lowest BCUT2D eigenvalue weighted by molar-refractivity contribution is 0.0698. The highest BCUT2D eigenvalue weighted by molar-refractivity contribution is 9.10. The summed E-state index contributed by atoms with van der Waals surface area (Å²) in [7, 11) is 0. The zero-order valence-corrected chi connectivity index (χ0v) is 12.3. The number of carbonyl (C=O) groups is 2. The van der Waals surface area contributed by atoms with Crippen molar-refractivity contribution < 1.29 is 14.7 Å². The number of carboxylic acids is 1. The van der Waals surface area contributed by atoms with Gasteiger partial charge >= 0.3 is 5.97 Å². The molecule has 2 aromatic rings. The molecule has 2 rings (SSSR count). The fourth-order valence-corrected chi connectivity index (χ4v) is 2.07. The van der Waals surface area contributed by atoms with Gasteiger partial charge < -0.3 is 10.4 Å². The van der Waals surface area contributed by atoms with Crippen LogP contribution in [0, 0.1) is 0 Å². The number of aromatic carboxylic acids is 1. The van der Waals surface area contributed by atoms with Crippen LogP contribution in [0.5, 0.6) is 0 Å². The predicted molar refractivity (Wildman–Crippen MR) is 78.3 cm³/mol. The Hall–Kier alpha value is -1.92. The molecule has 1 aromatic carbocycles. The number of hydrogen-bond acceptors (Lipinski definition) is 3. The summed E-state index contributed by atoms with van der Waals surface area (Å²) in [6, 6.07) is 5.80. The monoisotopic (exact) mass is 354 g/mol. The molecule has 1 amide bonds. The number of rotatable bonds is 3. The van der Waals surface area contributed by atoms with Gasteiger partial charge in [0.25, 0.3) is 5.91 Å². The largest absolute Gasteiger partial charge is 0.478 e. The number of halogens is 2. The van der Waals surface area contributed by atoms with Gasteiger partial charge in [0.05, 0.1) is 16.8 Å². The first kappa shape index (κ1) is 14.5. The van der Waals surface area contributed by atoms with E-state index >= 15 is 0 Å². The van der Waals surface area contributed by atoms with E-state index in [0.29, 0.717) is 10.0 Å². The lowest BCUT2D eigenvalue weighted by Crippen LogP contribution is -2.15. The van der Waals surface area contributed by atoms with Gasteiger partial charge in [0.1, 0.15) is 0 Å². The Morgan fingerprint density at radius 2 is 2.00 bits per heavy atom. The predicted octanol–water partition coefficient (Wildman–Crippen LogP) is 3.45. The summed E-state index contributed by atoms with van der Waals surface area (Å²) in [5, 5.41) is 11.9. The van der Waals surface area contributed by atoms with Crippen LogP contribution in [0.1, 0.15) is 20.7 Å². The molecule has 0 spiro atoms. The lowest BCUT2D eigenvalue weighted by atomic mass is 10.1. The average Bonchev–Trinajstić information content (AvgIpc) is 2.40. The molecule has 0 saturated heterocycles. The maximum Gasteiger partial charge on any atom is 0.337 e. The van der Waals surface area contributed by atoms with Crippen molar-refractivity contribution >= 4 is 45.1 Å². The van der Waals surface area contributed by atoms with Crippen LogP contribution in [0.25, 0.3) is 0 Å². The zero-order valence-electron chi connectivity index (χ0n) is 9.93. The quantitative estimate of drug-likeness (QED) is 0.884. The third-order valence-corrected chi connectivity index (χ3v) is 3.10. The number of pyridine rings is 1. The van der Waals surface area contributed by atoms with Crippen molar-refractivity contribution in [3.05, 3.63) is 57.3 Å². The molecule has 0 atom stereocenters. The Morgan fingerprint density at radius 1 is 1.25 bits per heavy atom. The van der Waals surface area contributed by atoms with Crippen molar-refractivity contribution in [1.29, 1.82) is 0 Å². The highest BCUT2D eigenvalue weighted by atomic mass is 79.9. The molecular weight excluding hydrogens is 348 g/mol. The third-order valence-electron chi connectivity index (χ3n) is 2.43. The van der Waals surface area contributed by atoms with Gasteiger partial charge in [-0.15, -0.1) is 0 Å². The standard InChI is InChI=1S/C13H8BrClN2O3/c14-8-3-7(5-16-6-8)12(18)17-11-2-1-9(15)4-10(11)13(19)20/h1-6H,(H,17,18)(H,19,20). The fourth-order valence-electron chi connectivity index (χ4n) is 1.53. The van der Waals surface area contributed by atoms with Crippen LogP contribution in [0.2, 0.25) is 5.02 Å². The van der Waals surface area contributed by atoms with Gasteiger partial charge in [-0.1, -0.05) is 11.6 Å². The minimum absolute atomic E-state index is 0.0752. The van der Waals surface area contributed by atoms with Gasteiger partial charge in [0, 0.05) is 21.9 Å². The first-order chi connectivity index (χ1) is 9.47. The Bertz CT molecular complexity index is 691. The molecule has 0 bridgehead atoms. The van der Waals surface area contributed by atoms with Crippen LogP contribution in [-0.4, -0.2) is 22.0 Å². The molecule has 1 heterocycles. The van der Waals surface area contributed by atoms with Gasteiger partial charge in [-0.3, -0.25) is 9.78 Å². The van der Waals surface area contributed by atoms with Crippen LogP contribution in [0.3, 0.4) is 0 Å². The fraction of sp³-hybridized carbons (Fsp3) is 0. The highest BCUT2D eigenvalue weighted by Crippen LogP contribution is 2.21. The van der Waals surface area contributed by atoms with Crippen LogP contribution >= 0.6 is 27.5 Å². The van der Waals surface area contributed by atoms with E-state index in [1.54, 1.807) is 12.3 Å². The second-order valence-electron chi connectivity index (χ2n) is 3.84. The molecular formula is C13H8BrClN2O3. The summed E-state index contributed by atoms with van der Waals surface area (Å²) >= 11 is 8.95. The number of amides is 1. The first-order valence-corrected chi connectivity index (χ1v) is 6.59. The molecule has 5 nitrogen and oxygen atoms in total. The molecule has 0 fully saturated rings. The maximum absolute atomic E-state index is 12.0. The minimum atomic E-state index is -1.17. The SMILES string of the molecule is O=C(Nc1ccc(Cl)cc1C(=O)O)c1cncc(Br)c1. The van der Waals surface area contributed by atoms with E-state index in [4.69, 9.17) is 16.7 Å². The Balaban J connectivity index is 2.30. The van der Waals surface area contributed by atoms with E-state index in [9.17, 15) is 9.59 Å². The van der Waals surface area contributed by atoms with Crippen molar-refractivity contribution in [2.24, 2.45) is 0 Å². The van der Waals surface area contributed by atoms with Gasteiger partial charge in [-0.05, 0) is 40.2 Å². The molecule has 0 aliphatic rings. The van der Waals surface area contributed by atoms with Crippen molar-refractivity contribution in [3.8, 4) is 0 Å². The third kappa shape index (κ3) is 3.34. The second-order valence-corrected chi connectivity index (χ2v) is 5.19. The topological polar surface area (TPSA) is 79.3 Å². The molecule has 0 unspecified atom stereocenters. The molecule has 0 radical (unpaired) electrons. The molecule has 102 valence electrons. The number of nitrogens with zero attached hydrogens (tertiary/aromatic N) is 1. The molecule has 20 heavy (non-hydrogen) atoms. The van der Waals surface area contributed by atoms with Crippen molar-refractivity contribution in [2.45, 2.75) is 0 Å². The number of carbonyl (C=O) groups excluding carboxylic acids is 1. The number of aromatic nitrogens is 1. The van der Waals surface area contributed by atoms with Crippen molar-refractivity contribution in [3.63, 3.8) is 0 Å². The molecule has 0 saturated carbocycles. The summed E-state index contributed by atoms with van der Waals surface area (Å²) in [5.74, 6) is -1.63. The molecule has 0 aliphatic carbocycles. The Labute approximate surface area is 127 Å². The highest BCUT2D eigenvalue weighted by Gasteiger charge is 2.14. The van der Waals surface area contributed by atoms with E-state index in [2.05, 4.69) is 26.2 Å². The lowest BCUT2D eigenvalue weighted by Gasteiger charge is -2.09. The number of anilines is 1. The smallest absolute Gasteiger partial charge is 0.337 e. The van der Waals surface area contributed by atoms with Gasteiger partial charge in [-0.2, -0.15) is 0 Å². The molecule has 1 aromatic heterocycles. The van der Waals surface area contributed by atoms with Crippen molar-refractivity contribution in [2.75, 3.05) is 5.32 Å². The van der Waals surface area contributed by atoms with Gasteiger partial charge in [0.15, 0.2) is 0 Å². The first-order valence-electron chi connectivity index (χ1n) is 5.42. The summed E-state index contributed by atoms with van der Waals surface area (Å²) in [4.78, 5) is 27.0. The summed E-state index contributed by atoms with van der Waals surface area (Å²) in [6.07, 6.45) is 2.93.